The molecule has 1 aliphatic carbocycles. The van der Waals surface area contributed by atoms with Crippen LogP contribution in [0.2, 0.25) is 0 Å². The quantitative estimate of drug-likeness (QED) is 0.862. The van der Waals surface area contributed by atoms with Crippen LogP contribution in [0.1, 0.15) is 24.8 Å². The lowest BCUT2D eigenvalue weighted by Gasteiger charge is -2.14. The molecule has 1 saturated carbocycles. The van der Waals surface area contributed by atoms with Gasteiger partial charge in [-0.3, -0.25) is 0 Å². The summed E-state index contributed by atoms with van der Waals surface area (Å²) in [5.41, 5.74) is 0.288. The lowest BCUT2D eigenvalue weighted by molar-refractivity contribution is 0.151. The molecule has 1 N–H and O–H groups in total. The van der Waals surface area contributed by atoms with E-state index in [0.29, 0.717) is 13.2 Å². The zero-order valence-corrected chi connectivity index (χ0v) is 10.4. The molecule has 0 radical (unpaired) electrons. The zero-order chi connectivity index (χ0) is 11.2. The second-order valence-electron chi connectivity index (χ2n) is 4.37. The summed E-state index contributed by atoms with van der Waals surface area (Å²) < 4.78 is 12.1. The van der Waals surface area contributed by atoms with Crippen molar-refractivity contribution in [3.8, 4) is 11.5 Å². The molecule has 16 heavy (non-hydrogen) atoms. The fourth-order valence-corrected chi connectivity index (χ4v) is 2.46. The van der Waals surface area contributed by atoms with E-state index in [9.17, 15) is 5.11 Å². The van der Waals surface area contributed by atoms with Crippen LogP contribution in [0, 0.1) is 0 Å². The molecule has 0 bridgehead atoms. The van der Waals surface area contributed by atoms with Crippen LogP contribution in [0.25, 0.3) is 0 Å². The van der Waals surface area contributed by atoms with Crippen molar-refractivity contribution in [3.05, 3.63) is 22.2 Å². The molecule has 0 aromatic heterocycles. The van der Waals surface area contributed by atoms with E-state index in [1.165, 1.54) is 0 Å². The Morgan fingerprint density at radius 3 is 2.69 bits per heavy atom. The summed E-state index contributed by atoms with van der Waals surface area (Å²) in [6, 6.07) is 3.83. The first-order valence-electron chi connectivity index (χ1n) is 5.51. The maximum atomic E-state index is 10.1. The van der Waals surface area contributed by atoms with Crippen molar-refractivity contribution in [2.45, 2.75) is 24.9 Å². The third-order valence-corrected chi connectivity index (χ3v) is 3.65. The minimum absolute atomic E-state index is 0.632. The van der Waals surface area contributed by atoms with E-state index >= 15 is 0 Å². The lowest BCUT2D eigenvalue weighted by atomic mass is 10.1. The topological polar surface area (TPSA) is 38.7 Å². The second kappa shape index (κ2) is 3.64. The molecule has 1 aromatic rings. The summed E-state index contributed by atoms with van der Waals surface area (Å²) in [7, 11) is 0. The SMILES string of the molecule is OC1(c2cc(Br)c3c(c2)OCCCO3)CC1. The average Bonchev–Trinajstić information content (AvgIpc) is 3.02. The number of aliphatic hydroxyl groups is 1. The van der Waals surface area contributed by atoms with Crippen LogP contribution >= 0.6 is 15.9 Å². The summed E-state index contributed by atoms with van der Waals surface area (Å²) >= 11 is 3.47. The van der Waals surface area contributed by atoms with Gasteiger partial charge in [0.05, 0.1) is 23.3 Å². The van der Waals surface area contributed by atoms with Crippen LogP contribution < -0.4 is 9.47 Å². The van der Waals surface area contributed by atoms with Crippen LogP contribution in [-0.2, 0) is 5.60 Å². The van der Waals surface area contributed by atoms with E-state index in [-0.39, 0.29) is 0 Å². The standard InChI is InChI=1S/C12H13BrO3/c13-9-6-8(12(14)2-3-12)7-10-11(9)16-5-1-4-15-10/h6-7,14H,1-5H2. The van der Waals surface area contributed by atoms with Gasteiger partial charge in [-0.1, -0.05) is 0 Å². The number of hydrogen-bond acceptors (Lipinski definition) is 3. The van der Waals surface area contributed by atoms with E-state index in [2.05, 4.69) is 15.9 Å². The summed E-state index contributed by atoms with van der Waals surface area (Å²) in [6.07, 6.45) is 2.55. The lowest BCUT2D eigenvalue weighted by Crippen LogP contribution is -2.05. The molecule has 2 aliphatic rings. The Labute approximate surface area is 102 Å². The van der Waals surface area contributed by atoms with E-state index in [4.69, 9.17) is 9.47 Å². The van der Waals surface area contributed by atoms with Crippen molar-refractivity contribution < 1.29 is 14.6 Å². The molecular formula is C12H13BrO3. The van der Waals surface area contributed by atoms with Crippen molar-refractivity contribution in [2.75, 3.05) is 13.2 Å². The van der Waals surface area contributed by atoms with Crippen LogP contribution in [0.15, 0.2) is 16.6 Å². The predicted octanol–water partition coefficient (Wildman–Crippen LogP) is 2.59. The van der Waals surface area contributed by atoms with Gasteiger partial charge < -0.3 is 14.6 Å². The van der Waals surface area contributed by atoms with E-state index in [1.54, 1.807) is 0 Å². The molecule has 86 valence electrons. The molecule has 3 rings (SSSR count). The molecule has 0 unspecified atom stereocenters. The number of hydrogen-bond donors (Lipinski definition) is 1. The largest absolute Gasteiger partial charge is 0.490 e. The van der Waals surface area contributed by atoms with Gasteiger partial charge in [-0.05, 0) is 46.5 Å². The normalized spacial score (nSPS) is 21.4. The van der Waals surface area contributed by atoms with E-state index < -0.39 is 5.60 Å². The number of benzene rings is 1. The zero-order valence-electron chi connectivity index (χ0n) is 8.83. The van der Waals surface area contributed by atoms with Crippen LogP contribution in [0.3, 0.4) is 0 Å². The fourth-order valence-electron chi connectivity index (χ4n) is 1.91. The number of rotatable bonds is 1. The van der Waals surface area contributed by atoms with E-state index in [1.807, 2.05) is 12.1 Å². The maximum absolute atomic E-state index is 10.1. The monoisotopic (exact) mass is 284 g/mol. The Morgan fingerprint density at radius 2 is 1.94 bits per heavy atom. The molecule has 4 heteroatoms. The number of halogens is 1. The highest BCUT2D eigenvalue weighted by atomic mass is 79.9. The van der Waals surface area contributed by atoms with Gasteiger partial charge in [-0.25, -0.2) is 0 Å². The number of fused-ring (bicyclic) bond motifs is 1. The van der Waals surface area contributed by atoms with Crippen molar-refractivity contribution in [1.82, 2.24) is 0 Å². The smallest absolute Gasteiger partial charge is 0.175 e. The first kappa shape index (κ1) is 10.4. The molecule has 0 spiro atoms. The average molecular weight is 285 g/mol. The Hall–Kier alpha value is -0.740. The summed E-state index contributed by atoms with van der Waals surface area (Å²) in [4.78, 5) is 0. The number of ether oxygens (including phenoxy) is 2. The van der Waals surface area contributed by atoms with Gasteiger partial charge in [0.2, 0.25) is 0 Å². The highest BCUT2D eigenvalue weighted by Gasteiger charge is 2.43. The van der Waals surface area contributed by atoms with Gasteiger partial charge in [0.25, 0.3) is 0 Å². The minimum Gasteiger partial charge on any atom is -0.490 e. The minimum atomic E-state index is -0.632. The summed E-state index contributed by atoms with van der Waals surface area (Å²) in [5, 5.41) is 10.1. The highest BCUT2D eigenvalue weighted by molar-refractivity contribution is 9.10. The molecule has 3 nitrogen and oxygen atoms in total. The summed E-state index contributed by atoms with van der Waals surface area (Å²) in [5.74, 6) is 1.49. The predicted molar refractivity (Wildman–Crippen MR) is 62.9 cm³/mol. The Balaban J connectivity index is 2.05. The molecule has 0 amide bonds. The fraction of sp³-hybridized carbons (Fsp3) is 0.500. The highest BCUT2D eigenvalue weighted by Crippen LogP contribution is 2.49. The maximum Gasteiger partial charge on any atom is 0.175 e. The second-order valence-corrected chi connectivity index (χ2v) is 5.22. The third kappa shape index (κ3) is 1.70. The van der Waals surface area contributed by atoms with Crippen molar-refractivity contribution in [3.63, 3.8) is 0 Å². The van der Waals surface area contributed by atoms with Gasteiger partial charge >= 0.3 is 0 Å². The molecule has 0 atom stereocenters. The van der Waals surface area contributed by atoms with Crippen molar-refractivity contribution >= 4 is 15.9 Å². The molecular weight excluding hydrogens is 272 g/mol. The molecule has 1 fully saturated rings. The summed E-state index contributed by atoms with van der Waals surface area (Å²) in [6.45, 7) is 1.34. The van der Waals surface area contributed by atoms with Gasteiger partial charge in [0.15, 0.2) is 11.5 Å². The van der Waals surface area contributed by atoms with Gasteiger partial charge in [0.1, 0.15) is 0 Å². The van der Waals surface area contributed by atoms with Crippen LogP contribution in [0.5, 0.6) is 11.5 Å². The van der Waals surface area contributed by atoms with Gasteiger partial charge in [-0.2, -0.15) is 0 Å². The first-order valence-corrected chi connectivity index (χ1v) is 6.30. The Bertz CT molecular complexity index is 427. The van der Waals surface area contributed by atoms with Crippen LogP contribution in [0.4, 0.5) is 0 Å². The first-order chi connectivity index (χ1) is 7.69. The molecule has 1 aliphatic heterocycles. The van der Waals surface area contributed by atoms with Crippen molar-refractivity contribution in [2.24, 2.45) is 0 Å². The van der Waals surface area contributed by atoms with Gasteiger partial charge in [0, 0.05) is 6.42 Å². The van der Waals surface area contributed by atoms with E-state index in [0.717, 1.165) is 40.8 Å². The van der Waals surface area contributed by atoms with Crippen LogP contribution in [-0.4, -0.2) is 18.3 Å². The molecule has 0 saturated heterocycles. The van der Waals surface area contributed by atoms with Crippen molar-refractivity contribution in [1.29, 1.82) is 0 Å². The third-order valence-electron chi connectivity index (χ3n) is 3.06. The molecule has 1 heterocycles. The van der Waals surface area contributed by atoms with Gasteiger partial charge in [-0.15, -0.1) is 0 Å². The molecule has 1 aromatic carbocycles. The Kier molecular flexibility index (Phi) is 2.37. The Morgan fingerprint density at radius 1 is 1.19 bits per heavy atom.